The Morgan fingerprint density at radius 2 is 1.71 bits per heavy atom. The van der Waals surface area contributed by atoms with Crippen molar-refractivity contribution in [2.45, 2.75) is 37.2 Å². The highest BCUT2D eigenvalue weighted by molar-refractivity contribution is 7.92. The van der Waals surface area contributed by atoms with Crippen molar-refractivity contribution in [1.82, 2.24) is 9.55 Å². The van der Waals surface area contributed by atoms with E-state index in [4.69, 9.17) is 0 Å². The molecule has 1 aliphatic heterocycles. The lowest BCUT2D eigenvalue weighted by Gasteiger charge is -2.30. The highest BCUT2D eigenvalue weighted by Gasteiger charge is 2.29. The maximum atomic E-state index is 13.6. The molecule has 5 rings (SSSR count). The molecule has 1 aliphatic rings. The fraction of sp³-hybridized carbons (Fsp3) is 0.231. The van der Waals surface area contributed by atoms with Gasteiger partial charge in [0.25, 0.3) is 15.6 Å². The largest absolute Gasteiger partial charge is 0.386 e. The average molecular weight is 492 g/mol. The number of anilines is 1. The van der Waals surface area contributed by atoms with Gasteiger partial charge in [0.15, 0.2) is 0 Å². The van der Waals surface area contributed by atoms with Crippen molar-refractivity contribution in [3.8, 4) is 5.69 Å². The highest BCUT2D eigenvalue weighted by Crippen LogP contribution is 2.32. The summed E-state index contributed by atoms with van der Waals surface area (Å²) >= 11 is 0. The average Bonchev–Trinajstić information content (AvgIpc) is 2.83. The number of para-hydroxylation sites is 1. The van der Waals surface area contributed by atoms with E-state index in [1.165, 1.54) is 28.6 Å². The molecule has 9 heteroatoms. The lowest BCUT2D eigenvalue weighted by molar-refractivity contribution is 0.0801. The van der Waals surface area contributed by atoms with Gasteiger partial charge in [-0.2, -0.15) is 0 Å². The number of aromatic amines is 1. The molecule has 0 aliphatic carbocycles. The van der Waals surface area contributed by atoms with Crippen LogP contribution >= 0.6 is 0 Å². The van der Waals surface area contributed by atoms with E-state index < -0.39 is 26.9 Å². The third-order valence-electron chi connectivity index (χ3n) is 6.32. The summed E-state index contributed by atoms with van der Waals surface area (Å²) in [5.41, 5.74) is -0.299. The van der Waals surface area contributed by atoms with Gasteiger partial charge in [-0.1, -0.05) is 36.4 Å². The monoisotopic (exact) mass is 491 g/mol. The van der Waals surface area contributed by atoms with Crippen LogP contribution in [0.3, 0.4) is 0 Å². The summed E-state index contributed by atoms with van der Waals surface area (Å²) in [5, 5.41) is 10.8. The van der Waals surface area contributed by atoms with Crippen LogP contribution in [0.2, 0.25) is 0 Å². The fourth-order valence-corrected chi connectivity index (χ4v) is 6.25. The van der Waals surface area contributed by atoms with Crippen LogP contribution < -0.4 is 15.6 Å². The van der Waals surface area contributed by atoms with Crippen LogP contribution in [-0.2, 0) is 22.0 Å². The number of rotatable bonds is 4. The number of aliphatic hydroxyl groups is 1. The van der Waals surface area contributed by atoms with Crippen molar-refractivity contribution in [2.24, 2.45) is 0 Å². The molecular weight excluding hydrogens is 466 g/mol. The number of nitrogens with one attached hydrogen (secondary N) is 1. The summed E-state index contributed by atoms with van der Waals surface area (Å²) in [5.74, 6) is 0. The Labute approximate surface area is 202 Å². The number of fused-ring (bicyclic) bond motifs is 2. The van der Waals surface area contributed by atoms with Gasteiger partial charge in [0.05, 0.1) is 32.8 Å². The molecule has 0 saturated heterocycles. The number of aromatic nitrogens is 2. The van der Waals surface area contributed by atoms with Crippen molar-refractivity contribution >= 4 is 26.6 Å². The van der Waals surface area contributed by atoms with Gasteiger partial charge in [-0.3, -0.25) is 9.10 Å². The van der Waals surface area contributed by atoms with E-state index in [2.05, 4.69) is 4.98 Å². The van der Waals surface area contributed by atoms with Crippen LogP contribution in [0.1, 0.15) is 31.4 Å². The summed E-state index contributed by atoms with van der Waals surface area (Å²) in [6, 6.07) is 18.1. The van der Waals surface area contributed by atoms with E-state index in [0.717, 1.165) is 16.6 Å². The molecular formula is C26H25N3O5S. The van der Waals surface area contributed by atoms with E-state index in [-0.39, 0.29) is 16.0 Å². The quantitative estimate of drug-likeness (QED) is 0.456. The van der Waals surface area contributed by atoms with Crippen molar-refractivity contribution < 1.29 is 13.5 Å². The summed E-state index contributed by atoms with van der Waals surface area (Å²) in [4.78, 5) is 29.1. The molecule has 0 saturated carbocycles. The topological polar surface area (TPSA) is 112 Å². The van der Waals surface area contributed by atoms with Crippen LogP contribution in [0.4, 0.5) is 5.69 Å². The second-order valence-corrected chi connectivity index (χ2v) is 11.0. The number of benzene rings is 3. The number of nitrogens with zero attached hydrogens (tertiary/aromatic N) is 2. The van der Waals surface area contributed by atoms with Gasteiger partial charge in [-0.25, -0.2) is 17.8 Å². The van der Waals surface area contributed by atoms with E-state index in [1.807, 2.05) is 12.1 Å². The molecule has 1 aromatic heterocycles. The van der Waals surface area contributed by atoms with Gasteiger partial charge >= 0.3 is 5.69 Å². The normalized spacial score (nSPS) is 14.2. The maximum absolute atomic E-state index is 13.6. The predicted molar refractivity (Wildman–Crippen MR) is 135 cm³/mol. The first-order valence-electron chi connectivity index (χ1n) is 11.3. The second kappa shape index (κ2) is 8.21. The van der Waals surface area contributed by atoms with Gasteiger partial charge in [0.1, 0.15) is 0 Å². The molecule has 3 aromatic carbocycles. The van der Waals surface area contributed by atoms with Gasteiger partial charge in [-0.05, 0) is 68.1 Å². The molecule has 0 amide bonds. The van der Waals surface area contributed by atoms with Gasteiger partial charge in [-0.15, -0.1) is 0 Å². The molecule has 2 N–H and O–H groups in total. The van der Waals surface area contributed by atoms with Crippen molar-refractivity contribution in [3.05, 3.63) is 98.7 Å². The van der Waals surface area contributed by atoms with Gasteiger partial charge < -0.3 is 10.1 Å². The molecule has 0 unspecified atom stereocenters. The minimum atomic E-state index is -3.94. The summed E-state index contributed by atoms with van der Waals surface area (Å²) < 4.78 is 29.5. The minimum Gasteiger partial charge on any atom is -0.386 e. The number of hydrogen-bond donors (Lipinski definition) is 2. The van der Waals surface area contributed by atoms with Crippen molar-refractivity contribution in [1.29, 1.82) is 0 Å². The molecule has 2 heterocycles. The first-order valence-corrected chi connectivity index (χ1v) is 12.7. The lowest BCUT2D eigenvalue weighted by atomic mass is 9.95. The molecule has 0 radical (unpaired) electrons. The van der Waals surface area contributed by atoms with E-state index in [0.29, 0.717) is 29.7 Å². The van der Waals surface area contributed by atoms with Crippen LogP contribution in [-0.4, -0.2) is 29.6 Å². The van der Waals surface area contributed by atoms with E-state index in [9.17, 15) is 23.1 Å². The number of sulfonamides is 1. The van der Waals surface area contributed by atoms with Crippen LogP contribution in [0.5, 0.6) is 0 Å². The van der Waals surface area contributed by atoms with E-state index >= 15 is 0 Å². The maximum Gasteiger partial charge on any atom is 0.333 e. The van der Waals surface area contributed by atoms with Gasteiger partial charge in [0, 0.05) is 6.54 Å². The van der Waals surface area contributed by atoms with Crippen LogP contribution in [0.15, 0.2) is 81.2 Å². The van der Waals surface area contributed by atoms with Crippen molar-refractivity contribution in [2.75, 3.05) is 10.8 Å². The zero-order valence-corrected chi connectivity index (χ0v) is 20.2. The Hall–Kier alpha value is -3.69. The Bertz CT molecular complexity index is 1680. The molecule has 180 valence electrons. The number of H-pyrrole nitrogens is 1. The summed E-state index contributed by atoms with van der Waals surface area (Å²) in [7, 11) is -3.94. The SMILES string of the molecule is CC(C)(O)c1cccc2[nH]c(=O)n(-c3cccc(S(=O)(=O)N4CCCc5ccccc54)c3)c(=O)c12. The zero-order valence-electron chi connectivity index (χ0n) is 19.4. The Balaban J connectivity index is 1.68. The molecule has 0 fully saturated rings. The molecule has 8 nitrogen and oxygen atoms in total. The Kier molecular flexibility index (Phi) is 5.41. The Morgan fingerprint density at radius 1 is 0.971 bits per heavy atom. The molecule has 4 aromatic rings. The predicted octanol–water partition coefficient (Wildman–Crippen LogP) is 3.05. The summed E-state index contributed by atoms with van der Waals surface area (Å²) in [6.45, 7) is 3.45. The third-order valence-corrected chi connectivity index (χ3v) is 8.13. The Morgan fingerprint density at radius 3 is 2.49 bits per heavy atom. The first kappa shape index (κ1) is 23.1. The van der Waals surface area contributed by atoms with Crippen molar-refractivity contribution in [3.63, 3.8) is 0 Å². The minimum absolute atomic E-state index is 0.0196. The van der Waals surface area contributed by atoms with Crippen LogP contribution in [0, 0.1) is 0 Å². The molecule has 0 bridgehead atoms. The number of hydrogen-bond acceptors (Lipinski definition) is 5. The summed E-state index contributed by atoms with van der Waals surface area (Å²) in [6.07, 6.45) is 1.49. The molecule has 0 spiro atoms. The smallest absolute Gasteiger partial charge is 0.333 e. The molecule has 35 heavy (non-hydrogen) atoms. The van der Waals surface area contributed by atoms with Gasteiger partial charge in [0.2, 0.25) is 0 Å². The van der Waals surface area contributed by atoms with Crippen LogP contribution in [0.25, 0.3) is 16.6 Å². The third kappa shape index (κ3) is 3.86. The second-order valence-electron chi connectivity index (χ2n) is 9.16. The fourth-order valence-electron chi connectivity index (χ4n) is 4.67. The molecule has 0 atom stereocenters. The zero-order chi connectivity index (χ0) is 25.0. The van der Waals surface area contributed by atoms with E-state index in [1.54, 1.807) is 44.2 Å². The highest BCUT2D eigenvalue weighted by atomic mass is 32.2. The standard InChI is InChI=1S/C26H25N3O5S/c1-26(2,32)20-12-6-13-21-23(20)24(30)29(25(31)27-21)18-10-5-11-19(16-18)35(33,34)28-15-7-9-17-8-3-4-14-22(17)28/h3-6,8,10-14,16,32H,7,9,15H2,1-2H3,(H,27,31). The lowest BCUT2D eigenvalue weighted by Crippen LogP contribution is -2.36. The first-order chi connectivity index (χ1) is 16.6. The number of aryl methyl sites for hydroxylation is 1.